The third kappa shape index (κ3) is 7.09. The topological polar surface area (TPSA) is 67.9 Å². The summed E-state index contributed by atoms with van der Waals surface area (Å²) >= 11 is 1.35. The van der Waals surface area contributed by atoms with Gasteiger partial charge in [-0.1, -0.05) is 42.5 Å². The zero-order chi connectivity index (χ0) is 29.6. The van der Waals surface area contributed by atoms with E-state index in [2.05, 4.69) is 35.5 Å². The summed E-state index contributed by atoms with van der Waals surface area (Å²) < 4.78 is 11.1. The number of esters is 1. The minimum absolute atomic E-state index is 0.0851. The zero-order valence-electron chi connectivity index (χ0n) is 24.7. The Hall–Kier alpha value is -3.94. The standard InChI is InChI=1S/C35H38N2O4S/c1-23-10-11-27(26-12-14-37(3)15-13-26)19-32(23)34(38)36-24(2)28-16-29(18-31(17-28)40-4)30-20-33(42-22-30)35(39)41-21-25-8-6-5-7-9-25/h5-11,16-20,22,24,26H,12-15,21H2,1-4H3,(H,36,38)/t24-/m1/s1. The van der Waals surface area contributed by atoms with Gasteiger partial charge in [0.2, 0.25) is 0 Å². The fraction of sp³-hybridized carbons (Fsp3) is 0.314. The highest BCUT2D eigenvalue weighted by atomic mass is 32.1. The number of aryl methyl sites for hydroxylation is 1. The van der Waals surface area contributed by atoms with Crippen LogP contribution in [0.1, 0.15) is 74.0 Å². The third-order valence-corrected chi connectivity index (χ3v) is 8.97. The molecule has 3 aromatic carbocycles. The Labute approximate surface area is 252 Å². The molecule has 0 radical (unpaired) electrons. The van der Waals surface area contributed by atoms with Crippen molar-refractivity contribution >= 4 is 23.2 Å². The molecule has 1 aliphatic rings. The molecule has 5 rings (SSSR count). The molecule has 1 amide bonds. The lowest BCUT2D eigenvalue weighted by Crippen LogP contribution is -2.30. The number of benzene rings is 3. The smallest absolute Gasteiger partial charge is 0.348 e. The van der Waals surface area contributed by atoms with Gasteiger partial charge in [0, 0.05) is 5.56 Å². The lowest BCUT2D eigenvalue weighted by Gasteiger charge is -2.29. The normalized spacial score (nSPS) is 14.8. The Morgan fingerprint density at radius 3 is 2.50 bits per heavy atom. The highest BCUT2D eigenvalue weighted by Crippen LogP contribution is 2.33. The van der Waals surface area contributed by atoms with E-state index in [1.54, 1.807) is 7.11 Å². The van der Waals surface area contributed by atoms with Crippen LogP contribution in [-0.4, -0.2) is 44.0 Å². The number of thiophene rings is 1. The molecule has 1 aliphatic heterocycles. The number of hydrogen-bond donors (Lipinski definition) is 1. The number of likely N-dealkylation sites (tertiary alicyclic amines) is 1. The minimum atomic E-state index is -0.350. The van der Waals surface area contributed by atoms with E-state index in [4.69, 9.17) is 9.47 Å². The number of carbonyl (C=O) groups is 2. The molecule has 4 aromatic rings. The third-order valence-electron chi connectivity index (χ3n) is 8.06. The summed E-state index contributed by atoms with van der Waals surface area (Å²) in [6, 6.07) is 23.5. The van der Waals surface area contributed by atoms with Crippen molar-refractivity contribution in [2.45, 2.75) is 45.3 Å². The minimum Gasteiger partial charge on any atom is -0.497 e. The molecule has 42 heavy (non-hydrogen) atoms. The number of rotatable bonds is 9. The maximum atomic E-state index is 13.5. The highest BCUT2D eigenvalue weighted by molar-refractivity contribution is 7.12. The van der Waals surface area contributed by atoms with Gasteiger partial charge in [-0.2, -0.15) is 0 Å². The Balaban J connectivity index is 1.30. The zero-order valence-corrected chi connectivity index (χ0v) is 25.5. The molecular formula is C35H38N2O4S. The van der Waals surface area contributed by atoms with Crippen LogP contribution in [0.5, 0.6) is 5.75 Å². The Bertz CT molecular complexity index is 1540. The first-order valence-corrected chi connectivity index (χ1v) is 15.3. The summed E-state index contributed by atoms with van der Waals surface area (Å²) in [5.41, 5.74) is 6.59. The second-order valence-electron chi connectivity index (χ2n) is 11.1. The first-order chi connectivity index (χ1) is 20.3. The Morgan fingerprint density at radius 1 is 1.00 bits per heavy atom. The monoisotopic (exact) mass is 582 g/mol. The molecule has 1 saturated heterocycles. The van der Waals surface area contributed by atoms with Crippen LogP contribution in [0.15, 0.2) is 78.2 Å². The van der Waals surface area contributed by atoms with Crippen LogP contribution >= 0.6 is 11.3 Å². The van der Waals surface area contributed by atoms with Gasteiger partial charge in [0.15, 0.2) is 0 Å². The summed E-state index contributed by atoms with van der Waals surface area (Å²) in [5.74, 6) is 0.733. The molecular weight excluding hydrogens is 544 g/mol. The summed E-state index contributed by atoms with van der Waals surface area (Å²) in [6.07, 6.45) is 2.22. The van der Waals surface area contributed by atoms with E-state index in [1.807, 2.05) is 73.8 Å². The van der Waals surface area contributed by atoms with Gasteiger partial charge in [0.25, 0.3) is 5.91 Å². The molecule has 7 heteroatoms. The maximum absolute atomic E-state index is 13.5. The van der Waals surface area contributed by atoms with E-state index in [-0.39, 0.29) is 24.5 Å². The number of ether oxygens (including phenoxy) is 2. The molecule has 1 atom stereocenters. The second-order valence-corrected chi connectivity index (χ2v) is 12.0. The van der Waals surface area contributed by atoms with Crippen molar-refractivity contribution < 1.29 is 19.1 Å². The van der Waals surface area contributed by atoms with E-state index >= 15 is 0 Å². The summed E-state index contributed by atoms with van der Waals surface area (Å²) in [4.78, 5) is 29.1. The number of nitrogens with one attached hydrogen (secondary N) is 1. The lowest BCUT2D eigenvalue weighted by atomic mass is 9.87. The number of carbonyl (C=O) groups excluding carboxylic acids is 2. The lowest BCUT2D eigenvalue weighted by molar-refractivity contribution is 0.0478. The van der Waals surface area contributed by atoms with E-state index in [9.17, 15) is 9.59 Å². The van der Waals surface area contributed by atoms with Gasteiger partial charge in [-0.25, -0.2) is 4.79 Å². The first-order valence-electron chi connectivity index (χ1n) is 14.4. The van der Waals surface area contributed by atoms with Gasteiger partial charge in [0.05, 0.1) is 13.2 Å². The molecule has 0 spiro atoms. The number of piperidine rings is 1. The van der Waals surface area contributed by atoms with Crippen LogP contribution < -0.4 is 10.1 Å². The Morgan fingerprint density at radius 2 is 1.76 bits per heavy atom. The van der Waals surface area contributed by atoms with Crippen LogP contribution in [-0.2, 0) is 11.3 Å². The average molecular weight is 583 g/mol. The number of amides is 1. The number of nitrogens with zero attached hydrogens (tertiary/aromatic N) is 1. The van der Waals surface area contributed by atoms with Crippen molar-refractivity contribution in [3.63, 3.8) is 0 Å². The Kier molecular flexibility index (Phi) is 9.40. The largest absolute Gasteiger partial charge is 0.497 e. The molecule has 1 aromatic heterocycles. The van der Waals surface area contributed by atoms with Gasteiger partial charge in [0.1, 0.15) is 17.2 Å². The molecule has 1 N–H and O–H groups in total. The van der Waals surface area contributed by atoms with Gasteiger partial charge in [-0.05, 0) is 122 Å². The van der Waals surface area contributed by atoms with E-state index in [0.29, 0.717) is 16.5 Å². The van der Waals surface area contributed by atoms with Crippen LogP contribution in [0.25, 0.3) is 11.1 Å². The predicted molar refractivity (Wildman–Crippen MR) is 168 cm³/mol. The van der Waals surface area contributed by atoms with Gasteiger partial charge in [-0.15, -0.1) is 11.3 Å². The van der Waals surface area contributed by atoms with Crippen LogP contribution in [0.4, 0.5) is 0 Å². The summed E-state index contributed by atoms with van der Waals surface area (Å²) in [5, 5.41) is 5.15. The van der Waals surface area contributed by atoms with Crippen molar-refractivity contribution in [3.8, 4) is 16.9 Å². The van der Waals surface area contributed by atoms with E-state index < -0.39 is 0 Å². The first kappa shape index (κ1) is 29.5. The van der Waals surface area contributed by atoms with Gasteiger partial charge in [-0.3, -0.25) is 4.79 Å². The van der Waals surface area contributed by atoms with Crippen molar-refractivity contribution in [1.82, 2.24) is 10.2 Å². The van der Waals surface area contributed by atoms with E-state index in [0.717, 1.165) is 59.3 Å². The van der Waals surface area contributed by atoms with Gasteiger partial charge >= 0.3 is 5.97 Å². The van der Waals surface area contributed by atoms with Crippen molar-refractivity contribution in [2.24, 2.45) is 0 Å². The fourth-order valence-corrected chi connectivity index (χ4v) is 6.19. The van der Waals surface area contributed by atoms with Crippen molar-refractivity contribution in [1.29, 1.82) is 0 Å². The second kappa shape index (κ2) is 13.4. The highest BCUT2D eigenvalue weighted by Gasteiger charge is 2.21. The molecule has 2 heterocycles. The SMILES string of the molecule is COc1cc(-c2csc(C(=O)OCc3ccccc3)c2)cc([C@@H](C)NC(=O)c2cc(C3CCN(C)CC3)ccc2C)c1. The predicted octanol–water partition coefficient (Wildman–Crippen LogP) is 7.39. The molecule has 0 bridgehead atoms. The molecule has 218 valence electrons. The van der Waals surface area contributed by atoms with Crippen LogP contribution in [0, 0.1) is 6.92 Å². The van der Waals surface area contributed by atoms with Crippen molar-refractivity contribution in [3.05, 3.63) is 111 Å². The molecule has 6 nitrogen and oxygen atoms in total. The van der Waals surface area contributed by atoms with Crippen LogP contribution in [0.2, 0.25) is 0 Å². The summed E-state index contributed by atoms with van der Waals surface area (Å²) in [7, 11) is 3.79. The molecule has 0 unspecified atom stereocenters. The van der Waals surface area contributed by atoms with Gasteiger partial charge < -0.3 is 19.7 Å². The number of methoxy groups -OCH3 is 1. The van der Waals surface area contributed by atoms with E-state index in [1.165, 1.54) is 16.9 Å². The summed E-state index contributed by atoms with van der Waals surface area (Å²) in [6.45, 7) is 6.35. The fourth-order valence-electron chi connectivity index (χ4n) is 5.38. The number of hydrogen-bond acceptors (Lipinski definition) is 6. The average Bonchev–Trinajstić information content (AvgIpc) is 3.51. The quantitative estimate of drug-likeness (QED) is 0.209. The maximum Gasteiger partial charge on any atom is 0.348 e. The van der Waals surface area contributed by atoms with Crippen LogP contribution in [0.3, 0.4) is 0 Å². The molecule has 1 fully saturated rings. The molecule has 0 saturated carbocycles. The molecule has 0 aliphatic carbocycles. The van der Waals surface area contributed by atoms with Crippen molar-refractivity contribution in [2.75, 3.05) is 27.2 Å².